The van der Waals surface area contributed by atoms with E-state index in [0.717, 1.165) is 6.42 Å². The number of rotatable bonds is 4. The first-order valence-corrected chi connectivity index (χ1v) is 7.49. The normalized spacial score (nSPS) is 35.3. The molecule has 2 aliphatic rings. The van der Waals surface area contributed by atoms with Crippen LogP contribution >= 0.6 is 11.8 Å². The molecule has 20 heavy (non-hydrogen) atoms. The molecule has 0 radical (unpaired) electrons. The van der Waals surface area contributed by atoms with Gasteiger partial charge in [-0.3, -0.25) is 4.79 Å². The van der Waals surface area contributed by atoms with Gasteiger partial charge in [-0.05, 0) is 18.2 Å². The summed E-state index contributed by atoms with van der Waals surface area (Å²) >= 11 is -0.149. The molecular formula is C12H19F3N2O2S. The summed E-state index contributed by atoms with van der Waals surface area (Å²) in [6.45, 7) is 4.26. The van der Waals surface area contributed by atoms with Crippen molar-refractivity contribution in [1.82, 2.24) is 5.32 Å². The van der Waals surface area contributed by atoms with Crippen LogP contribution in [0.5, 0.6) is 0 Å². The van der Waals surface area contributed by atoms with Crippen molar-refractivity contribution in [3.05, 3.63) is 0 Å². The average molecular weight is 312 g/mol. The number of hydrogen-bond acceptors (Lipinski definition) is 4. The molecule has 0 aromatic rings. The highest BCUT2D eigenvalue weighted by Crippen LogP contribution is 2.58. The zero-order valence-corrected chi connectivity index (χ0v) is 12.2. The molecule has 0 aromatic carbocycles. The van der Waals surface area contributed by atoms with Gasteiger partial charge < -0.3 is 15.8 Å². The van der Waals surface area contributed by atoms with E-state index in [0.29, 0.717) is 6.61 Å². The minimum absolute atomic E-state index is 0.0391. The molecule has 1 amide bonds. The first-order valence-electron chi connectivity index (χ1n) is 6.50. The molecule has 3 N–H and O–H groups in total. The molecule has 1 aliphatic carbocycles. The number of thioether (sulfide) groups is 1. The Morgan fingerprint density at radius 3 is 2.75 bits per heavy atom. The second-order valence-electron chi connectivity index (χ2n) is 5.83. The first-order chi connectivity index (χ1) is 9.11. The summed E-state index contributed by atoms with van der Waals surface area (Å²) in [6, 6.07) is 0. The van der Waals surface area contributed by atoms with Gasteiger partial charge in [-0.1, -0.05) is 13.8 Å². The molecule has 1 heterocycles. The fraction of sp³-hybridized carbons (Fsp3) is 0.917. The van der Waals surface area contributed by atoms with Crippen LogP contribution in [0.25, 0.3) is 0 Å². The van der Waals surface area contributed by atoms with E-state index < -0.39 is 16.5 Å². The summed E-state index contributed by atoms with van der Waals surface area (Å²) in [5.74, 6) is -0.638. The van der Waals surface area contributed by atoms with Crippen LogP contribution < -0.4 is 11.1 Å². The van der Waals surface area contributed by atoms with Crippen LogP contribution in [0.2, 0.25) is 0 Å². The molecule has 0 spiro atoms. The lowest BCUT2D eigenvalue weighted by Gasteiger charge is -2.60. The lowest BCUT2D eigenvalue weighted by Crippen LogP contribution is -2.80. The predicted octanol–water partition coefficient (Wildman–Crippen LogP) is 1.50. The van der Waals surface area contributed by atoms with E-state index in [4.69, 9.17) is 10.5 Å². The Kier molecular flexibility index (Phi) is 4.03. The molecule has 2 fully saturated rings. The number of carbonyl (C=O) groups excluding carboxylic acids is 1. The third-order valence-corrected chi connectivity index (χ3v) is 5.22. The van der Waals surface area contributed by atoms with E-state index in [2.05, 4.69) is 5.32 Å². The fourth-order valence-corrected chi connectivity index (χ4v) is 3.76. The minimum Gasteiger partial charge on any atom is -0.377 e. The van der Waals surface area contributed by atoms with Gasteiger partial charge in [0.05, 0.1) is 6.10 Å². The number of nitrogens with one attached hydrogen (secondary N) is 1. The molecule has 0 bridgehead atoms. The van der Waals surface area contributed by atoms with Gasteiger partial charge in [-0.2, -0.15) is 13.2 Å². The highest BCUT2D eigenvalue weighted by atomic mass is 32.2. The summed E-state index contributed by atoms with van der Waals surface area (Å²) in [4.78, 5) is 12.2. The van der Waals surface area contributed by atoms with Crippen molar-refractivity contribution in [2.24, 2.45) is 17.1 Å². The van der Waals surface area contributed by atoms with Gasteiger partial charge in [0.15, 0.2) is 0 Å². The Bertz CT molecular complexity index is 403. The molecule has 1 saturated heterocycles. The van der Waals surface area contributed by atoms with Crippen molar-refractivity contribution in [2.75, 3.05) is 18.9 Å². The molecule has 1 saturated carbocycles. The van der Waals surface area contributed by atoms with Gasteiger partial charge in [-0.25, -0.2) is 0 Å². The summed E-state index contributed by atoms with van der Waals surface area (Å²) in [7, 11) is 0. The molecule has 2 rings (SSSR count). The number of fused-ring (bicyclic) bond motifs is 1. The van der Waals surface area contributed by atoms with Gasteiger partial charge in [0, 0.05) is 30.2 Å². The Morgan fingerprint density at radius 1 is 1.50 bits per heavy atom. The van der Waals surface area contributed by atoms with Crippen molar-refractivity contribution in [3.63, 3.8) is 0 Å². The number of hydrogen-bond donors (Lipinski definition) is 2. The smallest absolute Gasteiger partial charge is 0.377 e. The lowest BCUT2D eigenvalue weighted by molar-refractivity contribution is -0.175. The van der Waals surface area contributed by atoms with E-state index >= 15 is 0 Å². The van der Waals surface area contributed by atoms with Gasteiger partial charge in [0.2, 0.25) is 5.91 Å². The molecule has 8 heteroatoms. The van der Waals surface area contributed by atoms with Crippen molar-refractivity contribution in [2.45, 2.75) is 37.4 Å². The summed E-state index contributed by atoms with van der Waals surface area (Å²) in [5, 5.41) is 2.53. The molecule has 116 valence electrons. The van der Waals surface area contributed by atoms with Crippen molar-refractivity contribution >= 4 is 17.7 Å². The van der Waals surface area contributed by atoms with Crippen LogP contribution in [0.15, 0.2) is 0 Å². The first kappa shape index (κ1) is 15.9. The van der Waals surface area contributed by atoms with Crippen LogP contribution in [0.3, 0.4) is 0 Å². The van der Waals surface area contributed by atoms with Crippen LogP contribution in [0, 0.1) is 11.3 Å². The van der Waals surface area contributed by atoms with Crippen LogP contribution in [0.4, 0.5) is 13.2 Å². The average Bonchev–Trinajstić information content (AvgIpc) is 2.80. The summed E-state index contributed by atoms with van der Waals surface area (Å²) in [6.07, 6.45) is 0.679. The van der Waals surface area contributed by atoms with Gasteiger partial charge in [0.25, 0.3) is 0 Å². The van der Waals surface area contributed by atoms with Crippen LogP contribution in [-0.2, 0) is 9.53 Å². The lowest BCUT2D eigenvalue weighted by atomic mass is 9.48. The predicted molar refractivity (Wildman–Crippen MR) is 70.1 cm³/mol. The maximum Gasteiger partial charge on any atom is 0.441 e. The molecule has 3 unspecified atom stereocenters. The number of alkyl halides is 3. The third-order valence-electron chi connectivity index (χ3n) is 4.48. The molecule has 1 aliphatic heterocycles. The Balaban J connectivity index is 1.89. The zero-order valence-electron chi connectivity index (χ0n) is 11.4. The molecule has 3 atom stereocenters. The zero-order chi connectivity index (χ0) is 15.2. The van der Waals surface area contributed by atoms with E-state index in [9.17, 15) is 18.0 Å². The van der Waals surface area contributed by atoms with E-state index in [1.165, 1.54) is 0 Å². The number of carbonyl (C=O) groups is 1. The Labute approximate surface area is 120 Å². The van der Waals surface area contributed by atoms with Crippen molar-refractivity contribution < 1.29 is 22.7 Å². The topological polar surface area (TPSA) is 64.3 Å². The minimum atomic E-state index is -4.27. The maximum absolute atomic E-state index is 12.2. The maximum atomic E-state index is 12.2. The summed E-state index contributed by atoms with van der Waals surface area (Å²) in [5.41, 5.74) is 0.421. The SMILES string of the molecule is CC1(C)C2OCCC2C1(N)C(=O)NCCSC(F)(F)F. The van der Waals surface area contributed by atoms with Crippen LogP contribution in [-0.4, -0.2) is 42.0 Å². The van der Waals surface area contributed by atoms with E-state index in [-0.39, 0.29) is 42.0 Å². The molecular weight excluding hydrogens is 293 g/mol. The standard InChI is InChI=1S/C12H19F3N2O2S/c1-10(2)8-7(3-5-19-8)11(10,16)9(18)17-4-6-20-12(13,14)15/h7-8H,3-6,16H2,1-2H3,(H,17,18). The monoisotopic (exact) mass is 312 g/mol. The number of nitrogens with two attached hydrogens (primary N) is 1. The second kappa shape index (κ2) is 5.06. The highest BCUT2D eigenvalue weighted by molar-refractivity contribution is 8.00. The fourth-order valence-electron chi connectivity index (χ4n) is 3.32. The van der Waals surface area contributed by atoms with E-state index in [1.807, 2.05) is 13.8 Å². The van der Waals surface area contributed by atoms with Crippen molar-refractivity contribution in [3.8, 4) is 0 Å². The van der Waals surface area contributed by atoms with E-state index in [1.54, 1.807) is 0 Å². The van der Waals surface area contributed by atoms with Gasteiger partial charge in [-0.15, -0.1) is 0 Å². The quantitative estimate of drug-likeness (QED) is 0.772. The van der Waals surface area contributed by atoms with Gasteiger partial charge >= 0.3 is 5.51 Å². The largest absolute Gasteiger partial charge is 0.441 e. The number of ether oxygens (including phenoxy) is 1. The molecule has 4 nitrogen and oxygen atoms in total. The van der Waals surface area contributed by atoms with Gasteiger partial charge in [0.1, 0.15) is 5.54 Å². The second-order valence-corrected chi connectivity index (χ2v) is 6.99. The van der Waals surface area contributed by atoms with Crippen LogP contribution in [0.1, 0.15) is 20.3 Å². The highest BCUT2D eigenvalue weighted by Gasteiger charge is 2.71. The Hall–Kier alpha value is -0.470. The number of amides is 1. The summed E-state index contributed by atoms with van der Waals surface area (Å²) < 4.78 is 41.6. The third kappa shape index (κ3) is 2.42. The van der Waals surface area contributed by atoms with Crippen molar-refractivity contribution in [1.29, 1.82) is 0 Å². The number of halogens is 3. The Morgan fingerprint density at radius 2 is 2.15 bits per heavy atom. The molecule has 0 aromatic heterocycles.